The van der Waals surface area contributed by atoms with Crippen LogP contribution in [0.15, 0.2) is 58.8 Å². The highest BCUT2D eigenvalue weighted by Crippen LogP contribution is 2.40. The fraction of sp³-hybridized carbons (Fsp3) is 0.571. The zero-order valence-corrected chi connectivity index (χ0v) is 47.6. The van der Waals surface area contributed by atoms with E-state index in [1.807, 2.05) is 20.8 Å². The van der Waals surface area contributed by atoms with E-state index in [-0.39, 0.29) is 84.9 Å². The summed E-state index contributed by atoms with van der Waals surface area (Å²) in [7, 11) is -5.65. The third-order valence-electron chi connectivity index (χ3n) is 13.2. The second kappa shape index (κ2) is 23.7. The molecule has 4 heterocycles. The van der Waals surface area contributed by atoms with Crippen LogP contribution in [0.5, 0.6) is 23.3 Å². The number of carbonyl (C=O) groups excluding carboxylic acids is 1. The molecule has 2 aromatic heterocycles. The Labute approximate surface area is 457 Å². The van der Waals surface area contributed by atoms with Gasteiger partial charge in [-0.05, 0) is 121 Å². The second-order valence-corrected chi connectivity index (χ2v) is 30.1. The zero-order valence-electron chi connectivity index (χ0n) is 43.6. The highest BCUT2D eigenvalue weighted by Gasteiger charge is 2.42. The van der Waals surface area contributed by atoms with E-state index in [1.165, 1.54) is 55.4 Å². The van der Waals surface area contributed by atoms with Crippen molar-refractivity contribution in [2.75, 3.05) is 51.0 Å². The van der Waals surface area contributed by atoms with Crippen LogP contribution in [0, 0.1) is 11.6 Å². The van der Waals surface area contributed by atoms with E-state index in [2.05, 4.69) is 30.6 Å². The standard InChI is InChI=1S/C24H31FN4O6S.C22H27FN4O6S2.C3H5ClO2S/c1-24(2,3)35-23(30)29-11-9-15(10-12-29)34-22-20(33-4)21(26-14-27-22)28-19-8-7-17(13-18(19)25)36(31,32)16-5-6-16;1-32-20-21(26-19-7-6-17(12-18(19)23)34(28,29)15-2-3-15)24-13-25-22(20)33-14-8-10-27(11-9-14)35(30,31)16-4-5-16;4-7(5,6)3-1-2-3/h7-8,13-16H,5-6,9-12H2,1-4H3,(H,26,27,28);6-7,12-16H,2-5,8-11H2,1H3,(H,24,25,26);3H,1-2H2. The zero-order chi connectivity index (χ0) is 56.4. The lowest BCUT2D eigenvalue weighted by molar-refractivity contribution is 0.0120. The summed E-state index contributed by atoms with van der Waals surface area (Å²) in [6, 6.07) is 7.47. The number of halogens is 3. The fourth-order valence-electron chi connectivity index (χ4n) is 8.30. The van der Waals surface area contributed by atoms with Crippen molar-refractivity contribution < 1.29 is 70.9 Å². The topological polar surface area (TPSA) is 282 Å². The third kappa shape index (κ3) is 14.9. The van der Waals surface area contributed by atoms with Gasteiger partial charge in [0, 0.05) is 49.7 Å². The molecule has 6 aliphatic rings. The number of nitrogens with zero attached hydrogens (tertiary/aromatic N) is 6. The van der Waals surface area contributed by atoms with Gasteiger partial charge in [-0.1, -0.05) is 0 Å². The van der Waals surface area contributed by atoms with Crippen molar-refractivity contribution in [2.45, 2.75) is 146 Å². The number of amides is 1. The first-order valence-electron chi connectivity index (χ1n) is 25.4. The van der Waals surface area contributed by atoms with Crippen molar-refractivity contribution in [3.05, 3.63) is 60.7 Å². The lowest BCUT2D eigenvalue weighted by Crippen LogP contribution is -2.44. The average molecular weight is 1190 g/mol. The molecule has 2 N–H and O–H groups in total. The van der Waals surface area contributed by atoms with Crippen molar-refractivity contribution in [3.63, 3.8) is 0 Å². The molecule has 0 spiro atoms. The van der Waals surface area contributed by atoms with Gasteiger partial charge in [-0.3, -0.25) is 0 Å². The van der Waals surface area contributed by atoms with Crippen LogP contribution >= 0.6 is 10.7 Å². The Kier molecular flexibility index (Phi) is 17.9. The maximum absolute atomic E-state index is 14.8. The monoisotopic (exact) mass is 1190 g/mol. The van der Waals surface area contributed by atoms with Gasteiger partial charge in [0.15, 0.2) is 31.3 Å². The van der Waals surface area contributed by atoms with Gasteiger partial charge in [-0.25, -0.2) is 61.5 Å². The number of hydrogen-bond acceptors (Lipinski definition) is 20. The number of sulfonamides is 1. The predicted octanol–water partition coefficient (Wildman–Crippen LogP) is 7.44. The van der Waals surface area contributed by atoms with E-state index in [0.717, 1.165) is 37.8 Å². The molecule has 1 amide bonds. The Bertz CT molecular complexity index is 3290. The number of rotatable bonds is 17. The molecule has 0 bridgehead atoms. The molecule has 4 aromatic rings. The van der Waals surface area contributed by atoms with E-state index in [9.17, 15) is 47.2 Å². The van der Waals surface area contributed by atoms with Gasteiger partial charge in [0.1, 0.15) is 42.1 Å². The molecule has 10 rings (SSSR count). The molecule has 2 aliphatic heterocycles. The summed E-state index contributed by atoms with van der Waals surface area (Å²) in [6.45, 7) is 7.17. The van der Waals surface area contributed by atoms with Gasteiger partial charge < -0.3 is 39.2 Å². The van der Waals surface area contributed by atoms with Crippen molar-refractivity contribution in [1.82, 2.24) is 29.1 Å². The van der Waals surface area contributed by atoms with Gasteiger partial charge in [0.2, 0.25) is 30.6 Å². The summed E-state index contributed by atoms with van der Waals surface area (Å²) >= 11 is 0. The first-order valence-corrected chi connectivity index (χ1v) is 32.4. The number of methoxy groups -OCH3 is 2. The van der Waals surface area contributed by atoms with Crippen molar-refractivity contribution in [1.29, 1.82) is 0 Å². The summed E-state index contributed by atoms with van der Waals surface area (Å²) in [4.78, 5) is 30.4. The molecule has 4 saturated carbocycles. The van der Waals surface area contributed by atoms with Gasteiger partial charge in [-0.15, -0.1) is 0 Å². The SMILES string of the molecule is COc1c(Nc2ccc(S(=O)(=O)C3CC3)cc2F)ncnc1OC1CCN(C(=O)OC(C)(C)C)CC1.COc1c(Nc2ccc(S(=O)(=O)C3CC3)cc2F)ncnc1OC1CCN(S(=O)(=O)C2CC2)CC1.O=S(=O)(Cl)C1CC1. The van der Waals surface area contributed by atoms with Crippen molar-refractivity contribution in [3.8, 4) is 23.3 Å². The van der Waals surface area contributed by atoms with Crippen LogP contribution in [0.3, 0.4) is 0 Å². The summed E-state index contributed by atoms with van der Waals surface area (Å²) in [5, 5.41) is 4.37. The summed E-state index contributed by atoms with van der Waals surface area (Å²) in [6.07, 6.45) is 9.20. The maximum atomic E-state index is 14.8. The van der Waals surface area contributed by atoms with Crippen LogP contribution in [-0.2, 0) is 43.5 Å². The van der Waals surface area contributed by atoms with Gasteiger partial charge in [0.25, 0.3) is 11.8 Å². The van der Waals surface area contributed by atoms with E-state index in [1.54, 1.807) is 4.90 Å². The lowest BCUT2D eigenvalue weighted by atomic mass is 10.1. The molecular weight excluding hydrogens is 1130 g/mol. The maximum Gasteiger partial charge on any atom is 0.410 e. The number of nitrogens with one attached hydrogen (secondary N) is 2. The molecule has 22 nitrogen and oxygen atoms in total. The Morgan fingerprint density at radius 2 is 0.987 bits per heavy atom. The molecule has 2 aromatic carbocycles. The minimum Gasteiger partial charge on any atom is -0.489 e. The lowest BCUT2D eigenvalue weighted by Gasteiger charge is -2.33. The Morgan fingerprint density at radius 3 is 1.32 bits per heavy atom. The molecule has 29 heteroatoms. The number of hydrogen-bond donors (Lipinski definition) is 2. The molecule has 2 saturated heterocycles. The van der Waals surface area contributed by atoms with Gasteiger partial charge in [-0.2, -0.15) is 9.97 Å². The number of likely N-dealkylation sites (tertiary alicyclic amines) is 1. The number of piperidine rings is 2. The van der Waals surface area contributed by atoms with E-state index >= 15 is 0 Å². The number of sulfone groups is 2. The number of carbonyl (C=O) groups is 1. The van der Waals surface area contributed by atoms with Crippen molar-refractivity contribution >= 4 is 78.5 Å². The normalized spacial score (nSPS) is 18.8. The van der Waals surface area contributed by atoms with Crippen LogP contribution in [0.2, 0.25) is 0 Å². The Balaban J connectivity index is 0.000000183. The Hall–Kier alpha value is -5.42. The third-order valence-corrected chi connectivity index (χ3v) is 22.1. The van der Waals surface area contributed by atoms with E-state index in [0.29, 0.717) is 77.5 Å². The summed E-state index contributed by atoms with van der Waals surface area (Å²) < 4.78 is 154. The molecule has 0 atom stereocenters. The molecule has 0 unspecified atom stereocenters. The smallest absolute Gasteiger partial charge is 0.410 e. The summed E-state index contributed by atoms with van der Waals surface area (Å²) in [5.41, 5.74) is -0.493. The van der Waals surface area contributed by atoms with Crippen LogP contribution in [-0.4, -0.2) is 148 Å². The second-order valence-electron chi connectivity index (χ2n) is 20.6. The summed E-state index contributed by atoms with van der Waals surface area (Å²) in [5.74, 6) is -0.460. The van der Waals surface area contributed by atoms with Gasteiger partial charge in [0.05, 0.1) is 56.4 Å². The molecule has 0 radical (unpaired) electrons. The molecule has 78 heavy (non-hydrogen) atoms. The fourth-order valence-corrected chi connectivity index (χ4v) is 14.7. The minimum absolute atomic E-state index is 0.0290. The van der Waals surface area contributed by atoms with Crippen LogP contribution < -0.4 is 29.6 Å². The minimum atomic E-state index is -3.51. The molecule has 4 aliphatic carbocycles. The molecule has 428 valence electrons. The van der Waals surface area contributed by atoms with Crippen LogP contribution in [0.1, 0.15) is 97.8 Å². The average Bonchev–Trinajstić information content (AvgIpc) is 4.18. The Morgan fingerprint density at radius 1 is 0.590 bits per heavy atom. The highest BCUT2D eigenvalue weighted by molar-refractivity contribution is 8.14. The van der Waals surface area contributed by atoms with E-state index < -0.39 is 66.5 Å². The largest absolute Gasteiger partial charge is 0.489 e. The molecular formula is C49H63ClF2N8O14S4. The number of benzene rings is 2. The van der Waals surface area contributed by atoms with Crippen LogP contribution in [0.4, 0.5) is 36.6 Å². The number of aromatic nitrogens is 4. The van der Waals surface area contributed by atoms with Crippen molar-refractivity contribution in [2.24, 2.45) is 0 Å². The number of ether oxygens (including phenoxy) is 5. The highest BCUT2D eigenvalue weighted by atomic mass is 35.7. The van der Waals surface area contributed by atoms with E-state index in [4.69, 9.17) is 34.4 Å². The predicted molar refractivity (Wildman–Crippen MR) is 283 cm³/mol. The quantitative estimate of drug-likeness (QED) is 0.0971. The van der Waals surface area contributed by atoms with Gasteiger partial charge >= 0.3 is 6.09 Å². The first-order chi connectivity index (χ1) is 36.8. The number of anilines is 4. The van der Waals surface area contributed by atoms with Crippen LogP contribution in [0.25, 0.3) is 0 Å². The molecule has 6 fully saturated rings. The first kappa shape index (κ1) is 58.7.